The number of aryl methyl sites for hydroxylation is 2. The Kier molecular flexibility index (Phi) is 12.4. The van der Waals surface area contributed by atoms with Crippen LogP contribution in [0.5, 0.6) is 0 Å². The second-order valence-corrected chi connectivity index (χ2v) is 15.9. The number of fused-ring (bicyclic) bond motifs is 4. The topological polar surface area (TPSA) is 73.7 Å². The third-order valence-electron chi connectivity index (χ3n) is 9.63. The van der Waals surface area contributed by atoms with E-state index in [1.807, 2.05) is 59.9 Å². The first-order valence-corrected chi connectivity index (χ1v) is 20.4. The zero-order valence-electron chi connectivity index (χ0n) is 31.9. The molecule has 7 aromatic carbocycles. The maximum atomic E-state index is 7.74. The van der Waals surface area contributed by atoms with E-state index >= 15 is 0 Å². The summed E-state index contributed by atoms with van der Waals surface area (Å²) in [4.78, 5) is 1.33. The minimum Gasteiger partial charge on any atom is -0.384 e. The quantitative estimate of drug-likeness (QED) is 0.118. The number of hydrogen-bond donors (Lipinski definition) is 3. The second-order valence-electron chi connectivity index (χ2n) is 13.6. The van der Waals surface area contributed by atoms with Gasteiger partial charge in [-0.05, 0) is 76.9 Å². The minimum atomic E-state index is 0.121. The normalized spacial score (nSPS) is 10.5. The molecule has 3 nitrogen and oxygen atoms in total. The zero-order valence-corrected chi connectivity index (χ0v) is 33.6. The summed E-state index contributed by atoms with van der Waals surface area (Å²) in [7, 11) is 0. The van der Waals surface area contributed by atoms with Gasteiger partial charge in [-0.2, -0.15) is 0 Å². The van der Waals surface area contributed by atoms with Crippen LogP contribution in [0.25, 0.3) is 63.6 Å². The van der Waals surface area contributed by atoms with Gasteiger partial charge in [-0.3, -0.25) is 5.41 Å². The fraction of sp³-hybridized carbons (Fsp3) is 0.0385. The highest BCUT2D eigenvalue weighted by Gasteiger charge is 2.10. The monoisotopic (exact) mass is 773 g/mol. The molecule has 0 aliphatic carbocycles. The predicted octanol–water partition coefficient (Wildman–Crippen LogP) is 14.7. The van der Waals surface area contributed by atoms with Gasteiger partial charge in [0.05, 0.1) is 0 Å². The summed E-state index contributed by atoms with van der Waals surface area (Å²) in [5.41, 5.74) is 15.7. The molecule has 5 heteroatoms. The van der Waals surface area contributed by atoms with Crippen molar-refractivity contribution in [3.8, 4) is 33.4 Å². The van der Waals surface area contributed by atoms with E-state index in [0.717, 1.165) is 11.1 Å². The van der Waals surface area contributed by atoms with E-state index in [0.29, 0.717) is 0 Å². The number of rotatable bonds is 5. The fourth-order valence-corrected chi connectivity index (χ4v) is 8.88. The van der Waals surface area contributed by atoms with Crippen molar-refractivity contribution in [2.75, 3.05) is 0 Å². The summed E-state index contributed by atoms with van der Waals surface area (Å²) in [6.45, 7) is 4.34. The first kappa shape index (κ1) is 38.6. The van der Waals surface area contributed by atoms with Gasteiger partial charge in [0, 0.05) is 47.1 Å². The van der Waals surface area contributed by atoms with E-state index in [1.165, 1.54) is 80.3 Å². The van der Waals surface area contributed by atoms with Gasteiger partial charge < -0.3 is 11.1 Å². The van der Waals surface area contributed by atoms with E-state index in [2.05, 4.69) is 159 Å². The summed E-state index contributed by atoms with van der Waals surface area (Å²) in [5.74, 6) is 0.121. The Balaban J connectivity index is 0.000000146. The first-order chi connectivity index (χ1) is 27.9. The molecule has 0 aliphatic rings. The number of amidine groups is 1. The highest BCUT2D eigenvalue weighted by Crippen LogP contribution is 2.38. The van der Waals surface area contributed by atoms with Gasteiger partial charge in [0.2, 0.25) is 0 Å². The number of hydrogen-bond acceptors (Lipinski definition) is 4. The molecular weight excluding hydrogens is 731 g/mol. The Hall–Kier alpha value is -6.66. The standard InChI is InChI=1S/C25H17NS.C20H18S.C7H8N2/c26-16-21-7-4-8-24-25(21)22-15-20(13-14-23(22)27-24)19-11-9-18(10-12-19)17-5-2-1-3-6-17;1-15-8-7-11-18(14-15)19-12-5-3-9-17-10-4-6-13-20(17)21-16(19)2;8-7(9)6-4-2-1-3-5-6/h1-16,26H;3-14H,1-2H3;1-5H,(H3,8,9). The lowest BCUT2D eigenvalue weighted by Crippen LogP contribution is -2.10. The van der Waals surface area contributed by atoms with Crippen molar-refractivity contribution in [3.63, 3.8) is 0 Å². The molecule has 57 heavy (non-hydrogen) atoms. The largest absolute Gasteiger partial charge is 0.384 e. The summed E-state index contributed by atoms with van der Waals surface area (Å²) >= 11 is 3.64. The highest BCUT2D eigenvalue weighted by atomic mass is 32.1. The van der Waals surface area contributed by atoms with Gasteiger partial charge in [0.1, 0.15) is 5.84 Å². The van der Waals surface area contributed by atoms with E-state index < -0.39 is 0 Å². The summed E-state index contributed by atoms with van der Waals surface area (Å²) in [6, 6.07) is 67.1. The molecule has 0 saturated carbocycles. The summed E-state index contributed by atoms with van der Waals surface area (Å²) in [6.07, 6.45) is 1.45. The van der Waals surface area contributed by atoms with E-state index in [1.54, 1.807) is 11.3 Å². The Morgan fingerprint density at radius 3 is 1.72 bits per heavy atom. The van der Waals surface area contributed by atoms with Gasteiger partial charge in [0.25, 0.3) is 0 Å². The van der Waals surface area contributed by atoms with Crippen molar-refractivity contribution in [1.29, 1.82) is 10.8 Å². The van der Waals surface area contributed by atoms with E-state index in [9.17, 15) is 0 Å². The molecule has 0 saturated heterocycles. The van der Waals surface area contributed by atoms with Crippen LogP contribution >= 0.6 is 22.7 Å². The molecule has 0 fully saturated rings. The molecule has 2 heterocycles. The maximum absolute atomic E-state index is 7.74. The molecule has 0 bridgehead atoms. The van der Waals surface area contributed by atoms with Gasteiger partial charge >= 0.3 is 0 Å². The Morgan fingerprint density at radius 2 is 1.05 bits per heavy atom. The second kappa shape index (κ2) is 18.3. The number of nitrogens with two attached hydrogens (primary N) is 1. The van der Waals surface area contributed by atoms with Crippen molar-refractivity contribution < 1.29 is 0 Å². The molecule has 0 atom stereocenters. The van der Waals surface area contributed by atoms with Crippen LogP contribution in [-0.2, 0) is 0 Å². The fourth-order valence-electron chi connectivity index (χ4n) is 6.73. The Morgan fingerprint density at radius 1 is 0.491 bits per heavy atom. The minimum absolute atomic E-state index is 0.121. The van der Waals surface area contributed by atoms with E-state index in [-0.39, 0.29) is 5.84 Å². The smallest absolute Gasteiger partial charge is 0.122 e. The van der Waals surface area contributed by atoms with Gasteiger partial charge in [0.15, 0.2) is 0 Å². The van der Waals surface area contributed by atoms with Gasteiger partial charge in [-0.25, -0.2) is 0 Å². The van der Waals surface area contributed by atoms with Crippen molar-refractivity contribution >= 4 is 65.0 Å². The van der Waals surface area contributed by atoms with Crippen molar-refractivity contribution in [2.45, 2.75) is 13.8 Å². The molecule has 0 unspecified atom stereocenters. The van der Waals surface area contributed by atoms with Crippen molar-refractivity contribution in [1.82, 2.24) is 0 Å². The Labute approximate surface area is 342 Å². The number of nitrogens with one attached hydrogen (secondary N) is 2. The van der Waals surface area contributed by atoms with Crippen LogP contribution in [-0.4, -0.2) is 12.1 Å². The molecule has 9 rings (SSSR count). The lowest BCUT2D eigenvalue weighted by atomic mass is 9.98. The molecule has 278 valence electrons. The lowest BCUT2D eigenvalue weighted by molar-refractivity contribution is 1.42. The van der Waals surface area contributed by atoms with Crippen molar-refractivity contribution in [2.24, 2.45) is 5.73 Å². The molecular formula is C52H43N3S2. The summed E-state index contributed by atoms with van der Waals surface area (Å²) in [5, 5.41) is 18.5. The third kappa shape index (κ3) is 9.42. The Bertz CT molecular complexity index is 2850. The number of benzene rings is 7. The molecule has 4 N–H and O–H groups in total. The maximum Gasteiger partial charge on any atom is 0.122 e. The van der Waals surface area contributed by atoms with E-state index in [4.69, 9.17) is 16.6 Å². The number of thiophene rings is 1. The molecule has 0 spiro atoms. The molecule has 9 aromatic rings. The van der Waals surface area contributed by atoms with Crippen LogP contribution in [0, 0.1) is 24.7 Å². The third-order valence-corrected chi connectivity index (χ3v) is 11.9. The molecule has 0 aliphatic heterocycles. The zero-order chi connectivity index (χ0) is 39.6. The van der Waals surface area contributed by atoms with Gasteiger partial charge in [-0.15, -0.1) is 22.7 Å². The van der Waals surface area contributed by atoms with Crippen LogP contribution in [0.3, 0.4) is 0 Å². The average Bonchev–Trinajstić information content (AvgIpc) is 3.66. The molecule has 2 aromatic heterocycles. The van der Waals surface area contributed by atoms with Crippen LogP contribution in [0.4, 0.5) is 0 Å². The van der Waals surface area contributed by atoms with Crippen LogP contribution in [0.15, 0.2) is 194 Å². The van der Waals surface area contributed by atoms with Crippen LogP contribution in [0.2, 0.25) is 0 Å². The van der Waals surface area contributed by atoms with Crippen molar-refractivity contribution in [3.05, 3.63) is 216 Å². The average molecular weight is 774 g/mol. The molecule has 0 amide bonds. The SMILES string of the molecule is Cc1cccc(-c2ccccc3ccccc3sc2C)c1.N=C(N)c1ccccc1.N=Cc1cccc2sc3ccc(-c4ccc(-c5ccccc5)cc4)cc3c12. The highest BCUT2D eigenvalue weighted by molar-refractivity contribution is 7.25. The van der Waals surface area contributed by atoms with Crippen LogP contribution in [0.1, 0.15) is 21.6 Å². The number of nitrogen functional groups attached to an aromatic ring is 1. The lowest BCUT2D eigenvalue weighted by Gasteiger charge is -2.06. The predicted molar refractivity (Wildman–Crippen MR) is 250 cm³/mol. The first-order valence-electron chi connectivity index (χ1n) is 18.8. The summed E-state index contributed by atoms with van der Waals surface area (Å²) < 4.78 is 3.81. The van der Waals surface area contributed by atoms with Crippen LogP contribution < -0.4 is 5.73 Å². The van der Waals surface area contributed by atoms with Gasteiger partial charge in [-0.1, -0.05) is 175 Å². The molecule has 0 radical (unpaired) electrons.